The molecule has 0 aromatic heterocycles. The lowest BCUT2D eigenvalue weighted by Crippen LogP contribution is -2.55. The number of hydrogen-bond donors (Lipinski definition) is 3. The van der Waals surface area contributed by atoms with Crippen LogP contribution in [-0.4, -0.2) is 59.6 Å². The van der Waals surface area contributed by atoms with Gasteiger partial charge in [-0.15, -0.1) is 6.58 Å². The van der Waals surface area contributed by atoms with Crippen molar-refractivity contribution >= 4 is 0 Å². The summed E-state index contributed by atoms with van der Waals surface area (Å²) in [5.74, 6) is 0. The minimum absolute atomic E-state index is 0.0960. The number of allylic oxidation sites excluding steroid dienone is 1. The van der Waals surface area contributed by atoms with Crippen LogP contribution < -0.4 is 0 Å². The van der Waals surface area contributed by atoms with Crippen LogP contribution in [0.1, 0.15) is 57.8 Å². The third-order valence-electron chi connectivity index (χ3n) is 4.37. The van der Waals surface area contributed by atoms with Crippen molar-refractivity contribution in [2.45, 2.75) is 82.2 Å². The quantitative estimate of drug-likeness (QED) is 0.356. The van der Waals surface area contributed by atoms with Crippen LogP contribution in [0.3, 0.4) is 0 Å². The number of unbranched alkanes of at least 4 members (excludes halogenated alkanes) is 8. The summed E-state index contributed by atoms with van der Waals surface area (Å²) >= 11 is 0. The predicted molar refractivity (Wildman–Crippen MR) is 90.3 cm³/mol. The summed E-state index contributed by atoms with van der Waals surface area (Å²) in [4.78, 5) is 0. The maximum Gasteiger partial charge on any atom is 0.114 e. The zero-order valence-corrected chi connectivity index (χ0v) is 14.2. The van der Waals surface area contributed by atoms with E-state index in [0.717, 1.165) is 19.3 Å². The van der Waals surface area contributed by atoms with E-state index in [4.69, 9.17) is 14.6 Å². The first-order valence-electron chi connectivity index (χ1n) is 9.01. The molecule has 0 aromatic rings. The van der Waals surface area contributed by atoms with E-state index in [0.29, 0.717) is 6.61 Å². The van der Waals surface area contributed by atoms with Crippen molar-refractivity contribution < 1.29 is 24.8 Å². The van der Waals surface area contributed by atoms with Gasteiger partial charge in [0.1, 0.15) is 24.4 Å². The monoisotopic (exact) mass is 330 g/mol. The van der Waals surface area contributed by atoms with Gasteiger partial charge in [-0.05, 0) is 19.3 Å². The molecule has 0 saturated carbocycles. The van der Waals surface area contributed by atoms with Crippen LogP contribution >= 0.6 is 0 Å². The molecule has 3 N–H and O–H groups in total. The van der Waals surface area contributed by atoms with Gasteiger partial charge in [0, 0.05) is 6.61 Å². The van der Waals surface area contributed by atoms with E-state index in [9.17, 15) is 10.2 Å². The van der Waals surface area contributed by atoms with Crippen LogP contribution in [0, 0.1) is 0 Å². The van der Waals surface area contributed by atoms with Gasteiger partial charge in [0.25, 0.3) is 0 Å². The van der Waals surface area contributed by atoms with Crippen LogP contribution in [0.5, 0.6) is 0 Å². The van der Waals surface area contributed by atoms with Crippen LogP contribution in [0.15, 0.2) is 12.7 Å². The fraction of sp³-hybridized carbons (Fsp3) is 0.889. The van der Waals surface area contributed by atoms with Crippen molar-refractivity contribution in [2.24, 2.45) is 0 Å². The first-order valence-corrected chi connectivity index (χ1v) is 9.01. The molecule has 1 rings (SSSR count). The van der Waals surface area contributed by atoms with Gasteiger partial charge in [-0.25, -0.2) is 0 Å². The summed E-state index contributed by atoms with van der Waals surface area (Å²) < 4.78 is 10.8. The normalized spacial score (nSPS) is 28.0. The van der Waals surface area contributed by atoms with E-state index in [1.54, 1.807) is 0 Å². The average Bonchev–Trinajstić information content (AvgIpc) is 2.55. The Morgan fingerprint density at radius 1 is 1.00 bits per heavy atom. The Hall–Kier alpha value is -0.460. The molecule has 0 radical (unpaired) electrons. The summed E-state index contributed by atoms with van der Waals surface area (Å²) in [5, 5.41) is 28.9. The first kappa shape index (κ1) is 20.6. The zero-order chi connectivity index (χ0) is 16.9. The average molecular weight is 330 g/mol. The smallest absolute Gasteiger partial charge is 0.114 e. The summed E-state index contributed by atoms with van der Waals surface area (Å²) in [6.07, 6.45) is 9.59. The molecule has 1 saturated heterocycles. The lowest BCUT2D eigenvalue weighted by Gasteiger charge is -2.37. The highest BCUT2D eigenvalue weighted by Gasteiger charge is 2.38. The molecule has 0 spiro atoms. The van der Waals surface area contributed by atoms with Crippen LogP contribution in [-0.2, 0) is 9.47 Å². The molecule has 1 aliphatic rings. The molecule has 23 heavy (non-hydrogen) atoms. The Labute approximate surface area is 140 Å². The van der Waals surface area contributed by atoms with Crippen LogP contribution in [0.4, 0.5) is 0 Å². The lowest BCUT2D eigenvalue weighted by molar-refractivity contribution is -0.210. The number of ether oxygens (including phenoxy) is 2. The maximum atomic E-state index is 9.98. The van der Waals surface area contributed by atoms with E-state index < -0.39 is 24.4 Å². The predicted octanol–water partition coefficient (Wildman–Crippen LogP) is 2.18. The summed E-state index contributed by atoms with van der Waals surface area (Å²) in [6.45, 7) is 4.08. The van der Waals surface area contributed by atoms with Crippen molar-refractivity contribution in [1.82, 2.24) is 0 Å². The van der Waals surface area contributed by atoms with E-state index in [-0.39, 0.29) is 13.2 Å². The van der Waals surface area contributed by atoms with Crippen molar-refractivity contribution in [3.8, 4) is 0 Å². The van der Waals surface area contributed by atoms with Crippen LogP contribution in [0.2, 0.25) is 0 Å². The second kappa shape index (κ2) is 12.9. The highest BCUT2D eigenvalue weighted by molar-refractivity contribution is 4.87. The van der Waals surface area contributed by atoms with Gasteiger partial charge in [-0.1, -0.05) is 44.6 Å². The molecule has 5 heteroatoms. The van der Waals surface area contributed by atoms with E-state index >= 15 is 0 Å². The van der Waals surface area contributed by atoms with Gasteiger partial charge in [0.2, 0.25) is 0 Å². The Kier molecular flexibility index (Phi) is 11.5. The molecule has 0 aliphatic carbocycles. The minimum atomic E-state index is -0.973. The standard InChI is InChI=1S/C18H34O5/c1-2-3-4-5-6-7-8-9-10-11-12-22-18-15(20)14-23-16(13-19)17(18)21/h2,15-21H,1,3-14H2/t15-,16+,17+,18+/m1/s1. The topological polar surface area (TPSA) is 79.2 Å². The summed E-state index contributed by atoms with van der Waals surface area (Å²) in [5.41, 5.74) is 0. The number of rotatable bonds is 13. The molecule has 1 aliphatic heterocycles. The molecule has 0 amide bonds. The largest absolute Gasteiger partial charge is 0.394 e. The van der Waals surface area contributed by atoms with E-state index in [2.05, 4.69) is 6.58 Å². The third-order valence-corrected chi connectivity index (χ3v) is 4.37. The van der Waals surface area contributed by atoms with Crippen LogP contribution in [0.25, 0.3) is 0 Å². The van der Waals surface area contributed by atoms with Crippen molar-refractivity contribution in [1.29, 1.82) is 0 Å². The molecule has 1 heterocycles. The zero-order valence-electron chi connectivity index (χ0n) is 14.2. The molecule has 0 bridgehead atoms. The van der Waals surface area contributed by atoms with Crippen molar-refractivity contribution in [2.75, 3.05) is 19.8 Å². The van der Waals surface area contributed by atoms with Gasteiger partial charge < -0.3 is 24.8 Å². The Morgan fingerprint density at radius 3 is 2.22 bits per heavy atom. The fourth-order valence-corrected chi connectivity index (χ4v) is 2.90. The molecule has 136 valence electrons. The first-order chi connectivity index (χ1) is 11.2. The van der Waals surface area contributed by atoms with E-state index in [1.165, 1.54) is 38.5 Å². The molecular weight excluding hydrogens is 296 g/mol. The third kappa shape index (κ3) is 8.27. The SMILES string of the molecule is C=CCCCCCCCCCCO[C@@H]1[C@@H](O)[C@H](CO)OC[C@H]1O. The molecule has 0 unspecified atom stereocenters. The molecule has 1 fully saturated rings. The van der Waals surface area contributed by atoms with Crippen molar-refractivity contribution in [3.05, 3.63) is 12.7 Å². The van der Waals surface area contributed by atoms with E-state index in [1.807, 2.05) is 6.08 Å². The maximum absolute atomic E-state index is 9.98. The molecule has 4 atom stereocenters. The number of hydrogen-bond acceptors (Lipinski definition) is 5. The van der Waals surface area contributed by atoms with Crippen molar-refractivity contribution in [3.63, 3.8) is 0 Å². The molecular formula is C18H34O5. The fourth-order valence-electron chi connectivity index (χ4n) is 2.90. The number of aliphatic hydroxyl groups is 3. The van der Waals surface area contributed by atoms with Gasteiger partial charge in [-0.3, -0.25) is 0 Å². The highest BCUT2D eigenvalue weighted by atomic mass is 16.6. The second-order valence-electron chi connectivity index (χ2n) is 6.35. The second-order valence-corrected chi connectivity index (χ2v) is 6.35. The lowest BCUT2D eigenvalue weighted by atomic mass is 10.0. The minimum Gasteiger partial charge on any atom is -0.394 e. The Balaban J connectivity index is 1.98. The van der Waals surface area contributed by atoms with Gasteiger partial charge >= 0.3 is 0 Å². The summed E-state index contributed by atoms with van der Waals surface area (Å²) in [7, 11) is 0. The highest BCUT2D eigenvalue weighted by Crippen LogP contribution is 2.19. The summed E-state index contributed by atoms with van der Waals surface area (Å²) in [6, 6.07) is 0. The number of aliphatic hydroxyl groups excluding tert-OH is 3. The van der Waals surface area contributed by atoms with Gasteiger partial charge in [0.05, 0.1) is 13.2 Å². The van der Waals surface area contributed by atoms with Gasteiger partial charge in [-0.2, -0.15) is 0 Å². The molecule has 5 nitrogen and oxygen atoms in total. The Morgan fingerprint density at radius 2 is 1.61 bits per heavy atom. The Bertz CT molecular complexity index is 297. The molecule has 0 aromatic carbocycles. The van der Waals surface area contributed by atoms with Gasteiger partial charge in [0.15, 0.2) is 0 Å².